The summed E-state index contributed by atoms with van der Waals surface area (Å²) in [5.41, 5.74) is 0.503. The Morgan fingerprint density at radius 3 is 3.00 bits per heavy atom. The Balaban J connectivity index is 1.81. The number of carbonyl (C=O) groups is 2. The van der Waals surface area contributed by atoms with Gasteiger partial charge in [0.25, 0.3) is 0 Å². The van der Waals surface area contributed by atoms with Gasteiger partial charge in [0, 0.05) is 31.4 Å². The number of rotatable bonds is 8. The Bertz CT molecular complexity index is 563. The van der Waals surface area contributed by atoms with E-state index in [9.17, 15) is 9.59 Å². The molecule has 1 aromatic rings. The van der Waals surface area contributed by atoms with Gasteiger partial charge in [0.15, 0.2) is 5.78 Å². The van der Waals surface area contributed by atoms with Gasteiger partial charge in [0.1, 0.15) is 6.61 Å². The van der Waals surface area contributed by atoms with Crippen LogP contribution in [0.2, 0.25) is 0 Å². The van der Waals surface area contributed by atoms with Gasteiger partial charge < -0.3 is 9.47 Å². The molecular formula is C16H19NO4S. The highest BCUT2D eigenvalue weighted by atomic mass is 32.1. The minimum Gasteiger partial charge on any atom is -0.460 e. The molecule has 22 heavy (non-hydrogen) atoms. The lowest BCUT2D eigenvalue weighted by molar-refractivity contribution is -0.140. The van der Waals surface area contributed by atoms with Gasteiger partial charge in [-0.3, -0.25) is 9.79 Å². The second-order valence-electron chi connectivity index (χ2n) is 4.85. The average Bonchev–Trinajstić information content (AvgIpc) is 3.06. The standard InChI is InChI=1S/C16H19NO4S/c1-2-20-5-6-21-16(19)13-8-12(10-17-11-13)9-14(18)15-4-3-7-22-15/h3-4,7,10-12H,2,5-6,8-9H2,1H3. The van der Waals surface area contributed by atoms with Crippen LogP contribution in [-0.4, -0.2) is 37.8 Å². The molecule has 1 aliphatic rings. The van der Waals surface area contributed by atoms with E-state index < -0.39 is 0 Å². The molecule has 6 heteroatoms. The number of thiophene rings is 1. The molecule has 0 aromatic carbocycles. The normalized spacial score (nSPS) is 17.1. The number of aliphatic imine (C=N–C) groups is 1. The topological polar surface area (TPSA) is 65.0 Å². The predicted molar refractivity (Wildman–Crippen MR) is 85.4 cm³/mol. The number of ketones is 1. The van der Waals surface area contributed by atoms with Crippen LogP contribution in [0.15, 0.2) is 34.3 Å². The summed E-state index contributed by atoms with van der Waals surface area (Å²) >= 11 is 1.43. The van der Waals surface area contributed by atoms with Gasteiger partial charge in [0.2, 0.25) is 0 Å². The number of esters is 1. The summed E-state index contributed by atoms with van der Waals surface area (Å²) < 4.78 is 10.2. The molecule has 2 heterocycles. The maximum atomic E-state index is 12.1. The van der Waals surface area contributed by atoms with E-state index in [1.807, 2.05) is 24.4 Å². The molecule has 0 aliphatic carbocycles. The number of carbonyl (C=O) groups excluding carboxylic acids is 2. The van der Waals surface area contributed by atoms with Crippen molar-refractivity contribution in [1.82, 2.24) is 0 Å². The van der Waals surface area contributed by atoms with Gasteiger partial charge in [-0.2, -0.15) is 0 Å². The van der Waals surface area contributed by atoms with Crippen LogP contribution in [0, 0.1) is 5.92 Å². The van der Waals surface area contributed by atoms with E-state index in [2.05, 4.69) is 4.99 Å². The lowest BCUT2D eigenvalue weighted by Crippen LogP contribution is -2.19. The molecule has 1 atom stereocenters. The van der Waals surface area contributed by atoms with E-state index in [-0.39, 0.29) is 24.3 Å². The van der Waals surface area contributed by atoms with Crippen LogP contribution in [0.1, 0.15) is 29.4 Å². The molecule has 0 N–H and O–H groups in total. The molecule has 0 saturated heterocycles. The average molecular weight is 321 g/mol. The summed E-state index contributed by atoms with van der Waals surface area (Å²) in [4.78, 5) is 28.8. The fourth-order valence-electron chi connectivity index (χ4n) is 2.11. The first-order valence-corrected chi connectivity index (χ1v) is 8.12. The summed E-state index contributed by atoms with van der Waals surface area (Å²) in [6.07, 6.45) is 4.07. The Morgan fingerprint density at radius 2 is 2.27 bits per heavy atom. The summed E-state index contributed by atoms with van der Waals surface area (Å²) in [6.45, 7) is 3.10. The van der Waals surface area contributed by atoms with Crippen molar-refractivity contribution in [2.24, 2.45) is 10.9 Å². The van der Waals surface area contributed by atoms with Crippen LogP contribution < -0.4 is 0 Å². The summed E-state index contributed by atoms with van der Waals surface area (Å²) in [5, 5.41) is 1.88. The second kappa shape index (κ2) is 8.60. The van der Waals surface area contributed by atoms with Crippen molar-refractivity contribution >= 4 is 29.3 Å². The van der Waals surface area contributed by atoms with Crippen molar-refractivity contribution in [3.8, 4) is 0 Å². The number of nitrogens with zero attached hydrogens (tertiary/aromatic N) is 1. The molecule has 0 saturated carbocycles. The fourth-order valence-corrected chi connectivity index (χ4v) is 2.79. The Morgan fingerprint density at radius 1 is 1.41 bits per heavy atom. The van der Waals surface area contributed by atoms with Crippen molar-refractivity contribution in [3.05, 3.63) is 34.2 Å². The molecule has 118 valence electrons. The molecule has 1 aliphatic heterocycles. The van der Waals surface area contributed by atoms with Crippen LogP contribution in [0.3, 0.4) is 0 Å². The Labute approximate surface area is 133 Å². The van der Waals surface area contributed by atoms with Gasteiger partial charge >= 0.3 is 5.97 Å². The van der Waals surface area contributed by atoms with Crippen LogP contribution in [0.25, 0.3) is 0 Å². The van der Waals surface area contributed by atoms with Crippen molar-refractivity contribution in [3.63, 3.8) is 0 Å². The zero-order chi connectivity index (χ0) is 15.8. The Kier molecular flexibility index (Phi) is 6.48. The van der Waals surface area contributed by atoms with Gasteiger partial charge in [-0.1, -0.05) is 6.07 Å². The molecule has 0 fully saturated rings. The van der Waals surface area contributed by atoms with Crippen LogP contribution in [0.4, 0.5) is 0 Å². The first-order valence-electron chi connectivity index (χ1n) is 7.24. The number of hydrogen-bond acceptors (Lipinski definition) is 6. The highest BCUT2D eigenvalue weighted by molar-refractivity contribution is 7.12. The fraction of sp³-hybridized carbons (Fsp3) is 0.438. The van der Waals surface area contributed by atoms with Crippen LogP contribution in [-0.2, 0) is 14.3 Å². The first kappa shape index (κ1) is 16.6. The van der Waals surface area contributed by atoms with Crippen molar-refractivity contribution in [1.29, 1.82) is 0 Å². The highest BCUT2D eigenvalue weighted by Gasteiger charge is 2.22. The zero-order valence-electron chi connectivity index (χ0n) is 12.5. The number of hydrogen-bond donors (Lipinski definition) is 0. The van der Waals surface area contributed by atoms with Crippen LogP contribution in [0.5, 0.6) is 0 Å². The smallest absolute Gasteiger partial charge is 0.335 e. The number of ether oxygens (including phenoxy) is 2. The molecule has 0 amide bonds. The van der Waals surface area contributed by atoms with Crippen molar-refractivity contribution < 1.29 is 19.1 Å². The molecular weight excluding hydrogens is 302 g/mol. The van der Waals surface area contributed by atoms with E-state index in [1.54, 1.807) is 6.21 Å². The maximum absolute atomic E-state index is 12.1. The largest absolute Gasteiger partial charge is 0.460 e. The SMILES string of the molecule is CCOCCOC(=O)C1=CN=CC(CC(=O)c2cccs2)C1. The molecule has 1 unspecified atom stereocenters. The molecule has 1 aromatic heterocycles. The van der Waals surface area contributed by atoms with Crippen molar-refractivity contribution in [2.45, 2.75) is 19.8 Å². The zero-order valence-corrected chi connectivity index (χ0v) is 13.3. The summed E-state index contributed by atoms with van der Waals surface area (Å²) in [7, 11) is 0. The number of Topliss-reactive ketones (excluding diaryl/α,β-unsaturated/α-hetero) is 1. The maximum Gasteiger partial charge on any atom is 0.335 e. The Hall–Kier alpha value is -1.79. The lowest BCUT2D eigenvalue weighted by Gasteiger charge is -2.16. The van der Waals surface area contributed by atoms with Crippen LogP contribution >= 0.6 is 11.3 Å². The predicted octanol–water partition coefficient (Wildman–Crippen LogP) is 2.88. The summed E-state index contributed by atoms with van der Waals surface area (Å²) in [5.74, 6) is -0.364. The van der Waals surface area contributed by atoms with Gasteiger partial charge in [-0.15, -0.1) is 11.3 Å². The molecule has 0 radical (unpaired) electrons. The second-order valence-corrected chi connectivity index (χ2v) is 5.80. The van der Waals surface area contributed by atoms with E-state index in [1.165, 1.54) is 17.5 Å². The third kappa shape index (κ3) is 4.89. The van der Waals surface area contributed by atoms with E-state index in [4.69, 9.17) is 9.47 Å². The van der Waals surface area contributed by atoms with Gasteiger partial charge in [0.05, 0.1) is 17.1 Å². The molecule has 0 spiro atoms. The first-order chi connectivity index (χ1) is 10.7. The minimum absolute atomic E-state index is 0.0611. The molecule has 5 nitrogen and oxygen atoms in total. The molecule has 0 bridgehead atoms. The van der Waals surface area contributed by atoms with E-state index in [0.717, 1.165) is 4.88 Å². The van der Waals surface area contributed by atoms with Gasteiger partial charge in [-0.25, -0.2) is 4.79 Å². The lowest BCUT2D eigenvalue weighted by atomic mass is 9.93. The quantitative estimate of drug-likeness (QED) is 0.419. The molecule has 2 rings (SSSR count). The third-order valence-electron chi connectivity index (χ3n) is 3.18. The highest BCUT2D eigenvalue weighted by Crippen LogP contribution is 2.22. The minimum atomic E-state index is -0.384. The van der Waals surface area contributed by atoms with E-state index >= 15 is 0 Å². The van der Waals surface area contributed by atoms with E-state index in [0.29, 0.717) is 31.6 Å². The monoisotopic (exact) mass is 321 g/mol. The van der Waals surface area contributed by atoms with Crippen molar-refractivity contribution in [2.75, 3.05) is 19.8 Å². The third-order valence-corrected chi connectivity index (χ3v) is 4.09. The van der Waals surface area contributed by atoms with Gasteiger partial charge in [-0.05, 0) is 24.8 Å². The summed E-state index contributed by atoms with van der Waals surface area (Å²) in [6, 6.07) is 3.67.